The zero-order chi connectivity index (χ0) is 12.7. The molecule has 3 heteroatoms. The number of nitrogens with zero attached hydrogens (tertiary/aromatic N) is 1. The normalized spacial score (nSPS) is 22.2. The molecule has 1 unspecified atom stereocenters. The van der Waals surface area contributed by atoms with Gasteiger partial charge in [-0.3, -0.25) is 0 Å². The molecule has 0 aliphatic carbocycles. The Bertz CT molecular complexity index is 206. The smallest absolute Gasteiger partial charge is 0.0434 e. The van der Waals surface area contributed by atoms with Crippen molar-refractivity contribution < 1.29 is 5.11 Å². The molecule has 0 spiro atoms. The molecule has 3 nitrogen and oxygen atoms in total. The zero-order valence-electron chi connectivity index (χ0n) is 11.8. The molecule has 0 aromatic carbocycles. The van der Waals surface area contributed by atoms with E-state index in [0.717, 1.165) is 25.4 Å². The molecule has 1 atom stereocenters. The Morgan fingerprint density at radius 1 is 1.41 bits per heavy atom. The highest BCUT2D eigenvalue weighted by molar-refractivity contribution is 4.82. The maximum atomic E-state index is 8.96. The standard InChI is InChI=1S/C14H30N2O/c1-4-7-15-11-14(2,3)12-16-8-5-13(10-16)6-9-17/h13,15,17H,4-12H2,1-3H3. The molecule has 1 aliphatic rings. The maximum absolute atomic E-state index is 8.96. The summed E-state index contributed by atoms with van der Waals surface area (Å²) < 4.78 is 0. The number of hydrogen-bond donors (Lipinski definition) is 2. The number of rotatable bonds is 8. The largest absolute Gasteiger partial charge is 0.396 e. The first-order chi connectivity index (χ1) is 8.07. The van der Waals surface area contributed by atoms with Gasteiger partial charge < -0.3 is 15.3 Å². The Hall–Kier alpha value is -0.120. The van der Waals surface area contributed by atoms with E-state index in [9.17, 15) is 0 Å². The van der Waals surface area contributed by atoms with Crippen molar-refractivity contribution in [2.75, 3.05) is 39.3 Å². The van der Waals surface area contributed by atoms with Crippen LogP contribution in [-0.4, -0.2) is 49.3 Å². The van der Waals surface area contributed by atoms with Gasteiger partial charge in [-0.1, -0.05) is 20.8 Å². The van der Waals surface area contributed by atoms with E-state index >= 15 is 0 Å². The van der Waals surface area contributed by atoms with Crippen LogP contribution in [0.2, 0.25) is 0 Å². The van der Waals surface area contributed by atoms with E-state index in [0.29, 0.717) is 12.0 Å². The molecule has 0 radical (unpaired) electrons. The van der Waals surface area contributed by atoms with Crippen molar-refractivity contribution >= 4 is 0 Å². The van der Waals surface area contributed by atoms with E-state index < -0.39 is 0 Å². The van der Waals surface area contributed by atoms with Gasteiger partial charge >= 0.3 is 0 Å². The molecule has 1 rings (SSSR count). The van der Waals surface area contributed by atoms with Crippen LogP contribution >= 0.6 is 0 Å². The number of aliphatic hydroxyl groups is 1. The third kappa shape index (κ3) is 5.84. The van der Waals surface area contributed by atoms with Gasteiger partial charge in [0.15, 0.2) is 0 Å². The molecule has 0 bridgehead atoms. The number of aliphatic hydroxyl groups excluding tert-OH is 1. The number of nitrogens with one attached hydrogen (secondary N) is 1. The molecular formula is C14H30N2O. The van der Waals surface area contributed by atoms with E-state index in [2.05, 4.69) is 31.0 Å². The van der Waals surface area contributed by atoms with Crippen molar-refractivity contribution in [1.82, 2.24) is 10.2 Å². The highest BCUT2D eigenvalue weighted by Crippen LogP contribution is 2.24. The fourth-order valence-corrected chi connectivity index (χ4v) is 2.74. The minimum atomic E-state index is 0.347. The van der Waals surface area contributed by atoms with E-state index in [-0.39, 0.29) is 0 Å². The van der Waals surface area contributed by atoms with Crippen molar-refractivity contribution in [1.29, 1.82) is 0 Å². The Morgan fingerprint density at radius 2 is 2.18 bits per heavy atom. The van der Waals surface area contributed by atoms with Crippen molar-refractivity contribution in [2.45, 2.75) is 40.0 Å². The lowest BCUT2D eigenvalue weighted by molar-refractivity contribution is 0.193. The Morgan fingerprint density at radius 3 is 2.82 bits per heavy atom. The molecule has 1 aliphatic heterocycles. The van der Waals surface area contributed by atoms with Crippen LogP contribution in [0, 0.1) is 11.3 Å². The molecule has 1 fully saturated rings. The molecule has 0 amide bonds. The van der Waals surface area contributed by atoms with Gasteiger partial charge in [-0.15, -0.1) is 0 Å². The van der Waals surface area contributed by atoms with Crippen LogP contribution in [0.3, 0.4) is 0 Å². The fourth-order valence-electron chi connectivity index (χ4n) is 2.74. The van der Waals surface area contributed by atoms with Gasteiger partial charge in [0.25, 0.3) is 0 Å². The molecular weight excluding hydrogens is 212 g/mol. The summed E-state index contributed by atoms with van der Waals surface area (Å²) >= 11 is 0. The topological polar surface area (TPSA) is 35.5 Å². The minimum absolute atomic E-state index is 0.347. The quantitative estimate of drug-likeness (QED) is 0.636. The van der Waals surface area contributed by atoms with Crippen LogP contribution in [-0.2, 0) is 0 Å². The second-order valence-corrected chi connectivity index (χ2v) is 6.24. The summed E-state index contributed by atoms with van der Waals surface area (Å²) in [4.78, 5) is 2.56. The molecule has 17 heavy (non-hydrogen) atoms. The van der Waals surface area contributed by atoms with Crippen molar-refractivity contribution in [3.8, 4) is 0 Å². The van der Waals surface area contributed by atoms with Crippen LogP contribution in [0.25, 0.3) is 0 Å². The summed E-state index contributed by atoms with van der Waals surface area (Å²) in [5.74, 6) is 0.722. The van der Waals surface area contributed by atoms with Crippen molar-refractivity contribution in [2.24, 2.45) is 11.3 Å². The molecule has 2 N–H and O–H groups in total. The Labute approximate surface area is 107 Å². The summed E-state index contributed by atoms with van der Waals surface area (Å²) in [7, 11) is 0. The third-order valence-electron chi connectivity index (χ3n) is 3.59. The predicted octanol–water partition coefficient (Wildman–Crippen LogP) is 1.72. The third-order valence-corrected chi connectivity index (χ3v) is 3.59. The second-order valence-electron chi connectivity index (χ2n) is 6.24. The van der Waals surface area contributed by atoms with E-state index in [4.69, 9.17) is 5.11 Å². The maximum Gasteiger partial charge on any atom is 0.0434 e. The highest BCUT2D eigenvalue weighted by atomic mass is 16.3. The van der Waals surface area contributed by atoms with Crippen LogP contribution in [0.5, 0.6) is 0 Å². The monoisotopic (exact) mass is 242 g/mol. The minimum Gasteiger partial charge on any atom is -0.396 e. The molecule has 1 heterocycles. The van der Waals surface area contributed by atoms with Crippen LogP contribution in [0.4, 0.5) is 0 Å². The van der Waals surface area contributed by atoms with Crippen molar-refractivity contribution in [3.05, 3.63) is 0 Å². The first-order valence-electron chi connectivity index (χ1n) is 7.11. The second kappa shape index (κ2) is 7.34. The SMILES string of the molecule is CCCNCC(C)(C)CN1CCC(CCO)C1. The van der Waals surface area contributed by atoms with Crippen molar-refractivity contribution in [3.63, 3.8) is 0 Å². The number of hydrogen-bond acceptors (Lipinski definition) is 3. The first-order valence-corrected chi connectivity index (χ1v) is 7.11. The Kier molecular flexibility index (Phi) is 6.45. The average molecular weight is 242 g/mol. The van der Waals surface area contributed by atoms with Gasteiger partial charge in [0.05, 0.1) is 0 Å². The summed E-state index contributed by atoms with van der Waals surface area (Å²) in [6.07, 6.45) is 3.45. The first kappa shape index (κ1) is 14.9. The van der Waals surface area contributed by atoms with Gasteiger partial charge in [-0.05, 0) is 43.7 Å². The van der Waals surface area contributed by atoms with Gasteiger partial charge in [-0.25, -0.2) is 0 Å². The van der Waals surface area contributed by atoms with E-state index in [1.54, 1.807) is 0 Å². The summed E-state index contributed by atoms with van der Waals surface area (Å²) in [6.45, 7) is 13.0. The molecule has 102 valence electrons. The lowest BCUT2D eigenvalue weighted by Crippen LogP contribution is -2.39. The van der Waals surface area contributed by atoms with Crippen LogP contribution in [0.1, 0.15) is 40.0 Å². The fraction of sp³-hybridized carbons (Fsp3) is 1.00. The van der Waals surface area contributed by atoms with E-state index in [1.807, 2.05) is 0 Å². The lowest BCUT2D eigenvalue weighted by Gasteiger charge is -2.30. The van der Waals surface area contributed by atoms with Crippen LogP contribution < -0.4 is 5.32 Å². The zero-order valence-corrected chi connectivity index (χ0v) is 11.8. The number of likely N-dealkylation sites (tertiary alicyclic amines) is 1. The van der Waals surface area contributed by atoms with Gasteiger partial charge in [0.1, 0.15) is 0 Å². The molecule has 1 saturated heterocycles. The molecule has 0 aromatic heterocycles. The summed E-state index contributed by atoms with van der Waals surface area (Å²) in [5, 5.41) is 12.5. The highest BCUT2D eigenvalue weighted by Gasteiger charge is 2.27. The van der Waals surface area contributed by atoms with E-state index in [1.165, 1.54) is 32.5 Å². The average Bonchev–Trinajstić information content (AvgIpc) is 2.65. The molecule has 0 saturated carbocycles. The predicted molar refractivity (Wildman–Crippen MR) is 73.2 cm³/mol. The van der Waals surface area contributed by atoms with Gasteiger partial charge in [-0.2, -0.15) is 0 Å². The Balaban J connectivity index is 2.23. The van der Waals surface area contributed by atoms with Gasteiger partial charge in [0.2, 0.25) is 0 Å². The summed E-state index contributed by atoms with van der Waals surface area (Å²) in [6, 6.07) is 0. The lowest BCUT2D eigenvalue weighted by atomic mass is 9.92. The van der Waals surface area contributed by atoms with Gasteiger partial charge in [0, 0.05) is 26.2 Å². The molecule has 0 aromatic rings. The summed E-state index contributed by atoms with van der Waals surface area (Å²) in [5.41, 5.74) is 0.350. The van der Waals surface area contributed by atoms with Crippen LogP contribution in [0.15, 0.2) is 0 Å².